The molecule has 1 aromatic rings. The van der Waals surface area contributed by atoms with Gasteiger partial charge >= 0.3 is 0 Å². The molecule has 15 heavy (non-hydrogen) atoms. The molecular formula is C13H20FN. The van der Waals surface area contributed by atoms with Gasteiger partial charge in [-0.2, -0.15) is 0 Å². The molecular weight excluding hydrogens is 189 g/mol. The summed E-state index contributed by atoms with van der Waals surface area (Å²) in [7, 11) is 0. The SMILES string of the molecule is Cc1cc(F)ccc1CC(C)(N)C(C)C. The van der Waals surface area contributed by atoms with Gasteiger partial charge in [-0.1, -0.05) is 19.9 Å². The first-order valence-electron chi connectivity index (χ1n) is 5.37. The smallest absolute Gasteiger partial charge is 0.123 e. The van der Waals surface area contributed by atoms with E-state index in [2.05, 4.69) is 13.8 Å². The molecule has 0 aromatic heterocycles. The summed E-state index contributed by atoms with van der Waals surface area (Å²) in [6.45, 7) is 8.19. The molecule has 84 valence electrons. The van der Waals surface area contributed by atoms with E-state index in [1.165, 1.54) is 6.07 Å². The molecule has 0 bridgehead atoms. The molecule has 1 aromatic carbocycles. The molecule has 0 aliphatic heterocycles. The number of benzene rings is 1. The van der Waals surface area contributed by atoms with Gasteiger partial charge in [0.1, 0.15) is 5.82 Å². The van der Waals surface area contributed by atoms with E-state index in [1.807, 2.05) is 19.9 Å². The van der Waals surface area contributed by atoms with Gasteiger partial charge < -0.3 is 5.73 Å². The van der Waals surface area contributed by atoms with Crippen molar-refractivity contribution in [1.29, 1.82) is 0 Å². The zero-order valence-electron chi connectivity index (χ0n) is 9.97. The van der Waals surface area contributed by atoms with Gasteiger partial charge in [-0.05, 0) is 49.4 Å². The first-order valence-corrected chi connectivity index (χ1v) is 5.37. The largest absolute Gasteiger partial charge is 0.325 e. The summed E-state index contributed by atoms with van der Waals surface area (Å²) in [5, 5.41) is 0. The summed E-state index contributed by atoms with van der Waals surface area (Å²) >= 11 is 0. The maximum absolute atomic E-state index is 12.9. The summed E-state index contributed by atoms with van der Waals surface area (Å²) in [4.78, 5) is 0. The van der Waals surface area contributed by atoms with Crippen molar-refractivity contribution >= 4 is 0 Å². The van der Waals surface area contributed by atoms with Crippen LogP contribution in [0, 0.1) is 18.7 Å². The van der Waals surface area contributed by atoms with E-state index in [4.69, 9.17) is 5.73 Å². The van der Waals surface area contributed by atoms with Crippen molar-refractivity contribution in [2.75, 3.05) is 0 Å². The minimum Gasteiger partial charge on any atom is -0.325 e. The van der Waals surface area contributed by atoms with Crippen LogP contribution >= 0.6 is 0 Å². The minimum absolute atomic E-state index is 0.181. The Morgan fingerprint density at radius 1 is 1.40 bits per heavy atom. The highest BCUT2D eigenvalue weighted by Crippen LogP contribution is 2.21. The fraction of sp³-hybridized carbons (Fsp3) is 0.538. The van der Waals surface area contributed by atoms with Crippen molar-refractivity contribution in [3.63, 3.8) is 0 Å². The summed E-state index contributed by atoms with van der Waals surface area (Å²) in [6, 6.07) is 4.89. The third kappa shape index (κ3) is 3.03. The Morgan fingerprint density at radius 2 is 2.00 bits per heavy atom. The van der Waals surface area contributed by atoms with Crippen molar-refractivity contribution in [1.82, 2.24) is 0 Å². The average molecular weight is 209 g/mol. The zero-order valence-corrected chi connectivity index (χ0v) is 9.97. The molecule has 1 nitrogen and oxygen atoms in total. The second-order valence-electron chi connectivity index (χ2n) is 4.91. The molecule has 0 aliphatic rings. The maximum atomic E-state index is 12.9. The molecule has 1 rings (SSSR count). The van der Waals surface area contributed by atoms with Crippen molar-refractivity contribution in [3.05, 3.63) is 35.1 Å². The number of hydrogen-bond donors (Lipinski definition) is 1. The van der Waals surface area contributed by atoms with Gasteiger partial charge in [0.05, 0.1) is 0 Å². The summed E-state index contributed by atoms with van der Waals surface area (Å²) < 4.78 is 12.9. The Labute approximate surface area is 91.5 Å². The average Bonchev–Trinajstić information content (AvgIpc) is 2.09. The molecule has 0 fully saturated rings. The first-order chi connectivity index (χ1) is 6.83. The fourth-order valence-electron chi connectivity index (χ4n) is 1.47. The summed E-state index contributed by atoms with van der Waals surface area (Å²) in [6.07, 6.45) is 0.788. The monoisotopic (exact) mass is 209 g/mol. The Hall–Kier alpha value is -0.890. The van der Waals surface area contributed by atoms with Crippen LogP contribution in [0.3, 0.4) is 0 Å². The van der Waals surface area contributed by atoms with Crippen LogP contribution in [0.4, 0.5) is 4.39 Å². The van der Waals surface area contributed by atoms with E-state index in [0.717, 1.165) is 17.5 Å². The molecule has 0 heterocycles. The second kappa shape index (κ2) is 4.31. The van der Waals surface area contributed by atoms with Gasteiger partial charge in [0.15, 0.2) is 0 Å². The highest BCUT2D eigenvalue weighted by atomic mass is 19.1. The number of rotatable bonds is 3. The molecule has 0 spiro atoms. The molecule has 0 radical (unpaired) electrons. The molecule has 1 atom stereocenters. The topological polar surface area (TPSA) is 26.0 Å². The molecule has 1 unspecified atom stereocenters. The predicted octanol–water partition coefficient (Wildman–Crippen LogP) is 3.05. The third-order valence-electron chi connectivity index (χ3n) is 3.19. The highest BCUT2D eigenvalue weighted by Gasteiger charge is 2.23. The lowest BCUT2D eigenvalue weighted by atomic mass is 9.82. The van der Waals surface area contributed by atoms with E-state index in [1.54, 1.807) is 6.07 Å². The lowest BCUT2D eigenvalue weighted by molar-refractivity contribution is 0.337. The molecule has 0 amide bonds. The summed E-state index contributed by atoms with van der Waals surface area (Å²) in [5.41, 5.74) is 8.08. The standard InChI is InChI=1S/C13H20FN/c1-9(2)13(4,15)8-11-5-6-12(14)7-10(11)3/h5-7,9H,8,15H2,1-4H3. The van der Waals surface area contributed by atoms with Gasteiger partial charge in [-0.3, -0.25) is 0 Å². The van der Waals surface area contributed by atoms with Crippen molar-refractivity contribution in [2.45, 2.75) is 39.7 Å². The van der Waals surface area contributed by atoms with Gasteiger partial charge in [0, 0.05) is 5.54 Å². The number of aryl methyl sites for hydroxylation is 1. The molecule has 0 saturated heterocycles. The number of nitrogens with two attached hydrogens (primary N) is 1. The van der Waals surface area contributed by atoms with E-state index >= 15 is 0 Å². The van der Waals surface area contributed by atoms with Crippen LogP contribution in [0.1, 0.15) is 31.9 Å². The lowest BCUT2D eigenvalue weighted by Gasteiger charge is -2.29. The first kappa shape index (κ1) is 12.2. The van der Waals surface area contributed by atoms with Crippen LogP contribution in [-0.2, 0) is 6.42 Å². The second-order valence-corrected chi connectivity index (χ2v) is 4.91. The van der Waals surface area contributed by atoms with E-state index in [9.17, 15) is 4.39 Å². The van der Waals surface area contributed by atoms with Gasteiger partial charge in [-0.25, -0.2) is 4.39 Å². The van der Waals surface area contributed by atoms with Crippen LogP contribution in [0.15, 0.2) is 18.2 Å². The van der Waals surface area contributed by atoms with Gasteiger partial charge in [0.2, 0.25) is 0 Å². The van der Waals surface area contributed by atoms with Crippen molar-refractivity contribution < 1.29 is 4.39 Å². The predicted molar refractivity (Wildman–Crippen MR) is 62.3 cm³/mol. The quantitative estimate of drug-likeness (QED) is 0.813. The maximum Gasteiger partial charge on any atom is 0.123 e. The van der Waals surface area contributed by atoms with Crippen LogP contribution in [0.2, 0.25) is 0 Å². The van der Waals surface area contributed by atoms with Gasteiger partial charge in [0.25, 0.3) is 0 Å². The van der Waals surface area contributed by atoms with Gasteiger partial charge in [-0.15, -0.1) is 0 Å². The minimum atomic E-state index is -0.234. The van der Waals surface area contributed by atoms with Crippen molar-refractivity contribution in [3.8, 4) is 0 Å². The Bertz CT molecular complexity index is 342. The van der Waals surface area contributed by atoms with E-state index in [-0.39, 0.29) is 11.4 Å². The van der Waals surface area contributed by atoms with Crippen LogP contribution < -0.4 is 5.73 Å². The number of hydrogen-bond acceptors (Lipinski definition) is 1. The highest BCUT2D eigenvalue weighted by molar-refractivity contribution is 5.28. The van der Waals surface area contributed by atoms with E-state index < -0.39 is 0 Å². The molecule has 0 aliphatic carbocycles. The molecule has 0 saturated carbocycles. The zero-order chi connectivity index (χ0) is 11.6. The van der Waals surface area contributed by atoms with Crippen LogP contribution in [0.5, 0.6) is 0 Å². The Kier molecular flexibility index (Phi) is 3.50. The molecule has 2 N–H and O–H groups in total. The Morgan fingerprint density at radius 3 is 2.47 bits per heavy atom. The van der Waals surface area contributed by atoms with Crippen molar-refractivity contribution in [2.24, 2.45) is 11.7 Å². The lowest BCUT2D eigenvalue weighted by Crippen LogP contribution is -2.44. The van der Waals surface area contributed by atoms with E-state index in [0.29, 0.717) is 5.92 Å². The summed E-state index contributed by atoms with van der Waals surface area (Å²) in [5.74, 6) is 0.224. The fourth-order valence-corrected chi connectivity index (χ4v) is 1.47. The molecule has 2 heteroatoms. The normalized spacial score (nSPS) is 15.4. The Balaban J connectivity index is 2.90. The number of halogens is 1. The van der Waals surface area contributed by atoms with Crippen LogP contribution in [0.25, 0.3) is 0 Å². The van der Waals surface area contributed by atoms with Crippen LogP contribution in [-0.4, -0.2) is 5.54 Å². The third-order valence-corrected chi connectivity index (χ3v) is 3.19.